The third-order valence-corrected chi connectivity index (χ3v) is 2.33. The highest BCUT2D eigenvalue weighted by atomic mass is 16.6. The number of hydrogen-bond donors (Lipinski definition) is 1. The quantitative estimate of drug-likeness (QED) is 0.471. The molecule has 0 fully saturated rings. The predicted octanol–water partition coefficient (Wildman–Crippen LogP) is 0.727. The first-order chi connectivity index (χ1) is 7.86. The zero-order valence-electron chi connectivity index (χ0n) is 9.54. The van der Waals surface area contributed by atoms with Gasteiger partial charge >= 0.3 is 5.97 Å². The third kappa shape index (κ3) is 3.22. The Hall–Kier alpha value is -2.02. The Morgan fingerprint density at radius 3 is 2.82 bits per heavy atom. The van der Waals surface area contributed by atoms with Gasteiger partial charge in [0.2, 0.25) is 0 Å². The Morgan fingerprint density at radius 2 is 2.29 bits per heavy atom. The van der Waals surface area contributed by atoms with Crippen LogP contribution in [0.25, 0.3) is 0 Å². The third-order valence-electron chi connectivity index (χ3n) is 2.33. The number of nitrogens with two attached hydrogens (primary N) is 1. The van der Waals surface area contributed by atoms with E-state index in [0.717, 1.165) is 6.20 Å². The van der Waals surface area contributed by atoms with E-state index in [1.165, 1.54) is 19.4 Å². The highest BCUT2D eigenvalue weighted by Crippen LogP contribution is 2.24. The average Bonchev–Trinajstić information content (AvgIpc) is 2.28. The standard InChI is InChI=1S/C10H13N3O4/c1-10(11,4-9(14)17-2)7-3-8(13(15)16)6-12-5-7/h3,5-6H,4,11H2,1-2H3. The number of nitro groups is 1. The first-order valence-corrected chi connectivity index (χ1v) is 4.82. The fourth-order valence-electron chi connectivity index (χ4n) is 1.31. The maximum atomic E-state index is 11.2. The van der Waals surface area contributed by atoms with Gasteiger partial charge in [0.15, 0.2) is 0 Å². The van der Waals surface area contributed by atoms with Crippen LogP contribution in [0.15, 0.2) is 18.5 Å². The van der Waals surface area contributed by atoms with Crippen molar-refractivity contribution >= 4 is 11.7 Å². The summed E-state index contributed by atoms with van der Waals surface area (Å²) in [4.78, 5) is 24.9. The maximum absolute atomic E-state index is 11.2. The van der Waals surface area contributed by atoms with Gasteiger partial charge in [-0.15, -0.1) is 0 Å². The number of rotatable bonds is 4. The monoisotopic (exact) mass is 239 g/mol. The van der Waals surface area contributed by atoms with E-state index in [4.69, 9.17) is 5.73 Å². The summed E-state index contributed by atoms with van der Waals surface area (Å²) in [7, 11) is 1.25. The van der Waals surface area contributed by atoms with E-state index in [1.807, 2.05) is 0 Å². The van der Waals surface area contributed by atoms with Crippen molar-refractivity contribution in [3.63, 3.8) is 0 Å². The van der Waals surface area contributed by atoms with Gasteiger partial charge in [-0.05, 0) is 12.5 Å². The summed E-state index contributed by atoms with van der Waals surface area (Å²) in [5, 5.41) is 10.6. The molecular formula is C10H13N3O4. The number of aromatic nitrogens is 1. The SMILES string of the molecule is COC(=O)CC(C)(N)c1cncc([N+](=O)[O-])c1. The molecule has 17 heavy (non-hydrogen) atoms. The van der Waals surface area contributed by atoms with Gasteiger partial charge in [0.05, 0.1) is 24.0 Å². The van der Waals surface area contributed by atoms with Crippen LogP contribution in [0.1, 0.15) is 18.9 Å². The second-order valence-corrected chi connectivity index (χ2v) is 3.86. The van der Waals surface area contributed by atoms with Crippen molar-refractivity contribution < 1.29 is 14.5 Å². The minimum atomic E-state index is -1.05. The number of carbonyl (C=O) groups excluding carboxylic acids is 1. The minimum Gasteiger partial charge on any atom is -0.469 e. The lowest BCUT2D eigenvalue weighted by Crippen LogP contribution is -2.36. The first kappa shape index (κ1) is 13.0. The molecule has 7 heteroatoms. The molecule has 0 saturated carbocycles. The van der Waals surface area contributed by atoms with E-state index in [9.17, 15) is 14.9 Å². The van der Waals surface area contributed by atoms with Gasteiger partial charge < -0.3 is 10.5 Å². The lowest BCUT2D eigenvalue weighted by molar-refractivity contribution is -0.385. The van der Waals surface area contributed by atoms with E-state index in [0.29, 0.717) is 5.56 Å². The second-order valence-electron chi connectivity index (χ2n) is 3.86. The van der Waals surface area contributed by atoms with Crippen LogP contribution < -0.4 is 5.73 Å². The van der Waals surface area contributed by atoms with Crippen molar-refractivity contribution in [2.24, 2.45) is 5.73 Å². The Labute approximate surface area is 97.7 Å². The van der Waals surface area contributed by atoms with E-state index in [2.05, 4.69) is 9.72 Å². The average molecular weight is 239 g/mol. The summed E-state index contributed by atoms with van der Waals surface area (Å²) < 4.78 is 4.51. The van der Waals surface area contributed by atoms with Crippen molar-refractivity contribution in [2.45, 2.75) is 18.9 Å². The van der Waals surface area contributed by atoms with E-state index < -0.39 is 16.4 Å². The van der Waals surface area contributed by atoms with Crippen molar-refractivity contribution in [1.29, 1.82) is 0 Å². The van der Waals surface area contributed by atoms with Gasteiger partial charge in [-0.2, -0.15) is 0 Å². The van der Waals surface area contributed by atoms with Crippen LogP contribution in [-0.4, -0.2) is 23.0 Å². The Morgan fingerprint density at radius 1 is 1.65 bits per heavy atom. The smallest absolute Gasteiger partial charge is 0.307 e. The molecule has 0 bridgehead atoms. The van der Waals surface area contributed by atoms with E-state index in [-0.39, 0.29) is 12.1 Å². The Kier molecular flexibility index (Phi) is 3.74. The maximum Gasteiger partial charge on any atom is 0.307 e. The van der Waals surface area contributed by atoms with Crippen LogP contribution in [0.5, 0.6) is 0 Å². The number of ether oxygens (including phenoxy) is 1. The number of carbonyl (C=O) groups is 1. The highest BCUT2D eigenvalue weighted by Gasteiger charge is 2.27. The fourth-order valence-corrected chi connectivity index (χ4v) is 1.31. The molecule has 1 rings (SSSR count). The Balaban J connectivity index is 3.01. The van der Waals surface area contributed by atoms with Crippen LogP contribution in [-0.2, 0) is 15.1 Å². The molecule has 92 valence electrons. The molecule has 0 radical (unpaired) electrons. The van der Waals surface area contributed by atoms with Gasteiger partial charge in [0.25, 0.3) is 5.69 Å². The van der Waals surface area contributed by atoms with Crippen molar-refractivity contribution in [1.82, 2.24) is 4.98 Å². The molecule has 1 heterocycles. The van der Waals surface area contributed by atoms with Gasteiger partial charge in [0.1, 0.15) is 6.20 Å². The molecule has 1 atom stereocenters. The number of nitrogens with zero attached hydrogens (tertiary/aromatic N) is 2. The molecule has 2 N–H and O–H groups in total. The molecule has 0 aliphatic carbocycles. The van der Waals surface area contributed by atoms with E-state index in [1.54, 1.807) is 6.92 Å². The van der Waals surface area contributed by atoms with Crippen molar-refractivity contribution in [2.75, 3.05) is 7.11 Å². The summed E-state index contributed by atoms with van der Waals surface area (Å²) in [6.07, 6.45) is 2.44. The van der Waals surface area contributed by atoms with Gasteiger partial charge in [-0.3, -0.25) is 19.9 Å². The van der Waals surface area contributed by atoms with E-state index >= 15 is 0 Å². The first-order valence-electron chi connectivity index (χ1n) is 4.82. The molecular weight excluding hydrogens is 226 g/mol. The summed E-state index contributed by atoms with van der Waals surface area (Å²) in [6, 6.07) is 1.30. The summed E-state index contributed by atoms with van der Waals surface area (Å²) in [5.74, 6) is -0.485. The van der Waals surface area contributed by atoms with Crippen LogP contribution in [0, 0.1) is 10.1 Å². The van der Waals surface area contributed by atoms with Crippen LogP contribution >= 0.6 is 0 Å². The van der Waals surface area contributed by atoms with Crippen molar-refractivity contribution in [3.8, 4) is 0 Å². The van der Waals surface area contributed by atoms with Crippen molar-refractivity contribution in [3.05, 3.63) is 34.1 Å². The molecule has 0 saturated heterocycles. The predicted molar refractivity (Wildman–Crippen MR) is 59.1 cm³/mol. The number of methoxy groups -OCH3 is 1. The van der Waals surface area contributed by atoms with Gasteiger partial charge in [-0.25, -0.2) is 0 Å². The normalized spacial score (nSPS) is 13.8. The Bertz CT molecular complexity index is 445. The number of hydrogen-bond acceptors (Lipinski definition) is 6. The molecule has 0 aromatic carbocycles. The molecule has 0 spiro atoms. The van der Waals surface area contributed by atoms with Gasteiger partial charge in [0, 0.05) is 12.3 Å². The molecule has 0 aliphatic heterocycles. The molecule has 1 aromatic heterocycles. The molecule has 7 nitrogen and oxygen atoms in total. The lowest BCUT2D eigenvalue weighted by atomic mass is 9.91. The zero-order chi connectivity index (χ0) is 13.1. The molecule has 0 amide bonds. The minimum absolute atomic E-state index is 0.0770. The number of esters is 1. The van der Waals surface area contributed by atoms with Crippen LogP contribution in [0.4, 0.5) is 5.69 Å². The second kappa shape index (κ2) is 4.88. The molecule has 0 aliphatic rings. The lowest BCUT2D eigenvalue weighted by Gasteiger charge is -2.22. The topological polar surface area (TPSA) is 108 Å². The van der Waals surface area contributed by atoms with Crippen LogP contribution in [0.2, 0.25) is 0 Å². The number of pyridine rings is 1. The highest BCUT2D eigenvalue weighted by molar-refractivity contribution is 5.71. The summed E-state index contributed by atoms with van der Waals surface area (Å²) in [6.45, 7) is 1.59. The summed E-state index contributed by atoms with van der Waals surface area (Å²) >= 11 is 0. The fraction of sp³-hybridized carbons (Fsp3) is 0.400. The summed E-state index contributed by atoms with van der Waals surface area (Å²) in [5.41, 5.74) is 5.12. The largest absolute Gasteiger partial charge is 0.469 e. The van der Waals surface area contributed by atoms with Crippen LogP contribution in [0.3, 0.4) is 0 Å². The molecule has 1 unspecified atom stereocenters. The zero-order valence-corrected chi connectivity index (χ0v) is 9.54. The van der Waals surface area contributed by atoms with Gasteiger partial charge in [-0.1, -0.05) is 0 Å². The molecule has 1 aromatic rings.